The van der Waals surface area contributed by atoms with Gasteiger partial charge in [-0.15, -0.1) is 0 Å². The zero-order chi connectivity index (χ0) is 14.9. The number of hydrogen-bond donors (Lipinski definition) is 1. The molecule has 0 radical (unpaired) electrons. The maximum Gasteiger partial charge on any atom is 0.261 e. The van der Waals surface area contributed by atoms with Crippen molar-refractivity contribution in [1.82, 2.24) is 0 Å². The topological polar surface area (TPSA) is 46.2 Å². The highest BCUT2D eigenvalue weighted by Gasteiger charge is 2.16. The van der Waals surface area contributed by atoms with E-state index in [1.54, 1.807) is 6.92 Å². The number of aryl methyl sites for hydroxylation is 1. The summed E-state index contributed by atoms with van der Waals surface area (Å²) in [5.41, 5.74) is 0.694. The third kappa shape index (κ3) is 3.16. The average Bonchev–Trinajstić information content (AvgIpc) is 2.36. The molecule has 0 amide bonds. The molecule has 0 spiro atoms. The van der Waals surface area contributed by atoms with Crippen molar-refractivity contribution >= 4 is 31.6 Å². The van der Waals surface area contributed by atoms with Crippen molar-refractivity contribution < 1.29 is 17.2 Å². The Hall–Kier alpha value is -1.47. The van der Waals surface area contributed by atoms with Gasteiger partial charge in [0.15, 0.2) is 0 Å². The number of benzene rings is 2. The lowest BCUT2D eigenvalue weighted by atomic mass is 10.2. The fraction of sp³-hybridized carbons (Fsp3) is 0.0769. The van der Waals surface area contributed by atoms with Crippen LogP contribution in [-0.4, -0.2) is 8.42 Å². The van der Waals surface area contributed by atoms with Crippen LogP contribution in [0.1, 0.15) is 5.56 Å². The quantitative estimate of drug-likeness (QED) is 0.902. The van der Waals surface area contributed by atoms with E-state index in [1.807, 2.05) is 0 Å². The Morgan fingerprint density at radius 3 is 2.30 bits per heavy atom. The van der Waals surface area contributed by atoms with E-state index in [9.17, 15) is 17.2 Å². The second-order valence-electron chi connectivity index (χ2n) is 4.14. The van der Waals surface area contributed by atoms with Gasteiger partial charge in [-0.25, -0.2) is 17.2 Å². The molecule has 0 saturated heterocycles. The second-order valence-corrected chi connectivity index (χ2v) is 6.68. The van der Waals surface area contributed by atoms with E-state index >= 15 is 0 Å². The van der Waals surface area contributed by atoms with Gasteiger partial charge in [0.25, 0.3) is 10.0 Å². The molecule has 1 N–H and O–H groups in total. The Kier molecular flexibility index (Phi) is 4.10. The molecular formula is C13H10BrF2NO2S. The first-order valence-corrected chi connectivity index (χ1v) is 7.81. The smallest absolute Gasteiger partial charge is 0.261 e. The normalized spacial score (nSPS) is 11.4. The average molecular weight is 362 g/mol. The standard InChI is InChI=1S/C13H10BrF2NO2S/c1-8-6-12(16)11(14)7-13(8)17-20(18,19)10-4-2-9(15)3-5-10/h2-7,17H,1H3. The molecule has 0 heterocycles. The van der Waals surface area contributed by atoms with Crippen LogP contribution < -0.4 is 4.72 Å². The van der Waals surface area contributed by atoms with Crippen LogP contribution in [0.4, 0.5) is 14.5 Å². The van der Waals surface area contributed by atoms with E-state index in [4.69, 9.17) is 0 Å². The fourth-order valence-electron chi connectivity index (χ4n) is 1.57. The van der Waals surface area contributed by atoms with E-state index in [2.05, 4.69) is 20.7 Å². The summed E-state index contributed by atoms with van der Waals surface area (Å²) in [6.07, 6.45) is 0. The van der Waals surface area contributed by atoms with Crippen LogP contribution >= 0.6 is 15.9 Å². The molecule has 2 rings (SSSR count). The lowest BCUT2D eigenvalue weighted by molar-refractivity contribution is 0.599. The SMILES string of the molecule is Cc1cc(F)c(Br)cc1NS(=O)(=O)c1ccc(F)cc1. The monoisotopic (exact) mass is 361 g/mol. The molecule has 3 nitrogen and oxygen atoms in total. The van der Waals surface area contributed by atoms with Crippen LogP contribution in [0.25, 0.3) is 0 Å². The van der Waals surface area contributed by atoms with Crippen molar-refractivity contribution in [3.05, 3.63) is 58.1 Å². The Labute approximate surface area is 123 Å². The van der Waals surface area contributed by atoms with E-state index in [0.29, 0.717) is 5.56 Å². The van der Waals surface area contributed by atoms with Crippen LogP contribution in [0.5, 0.6) is 0 Å². The number of hydrogen-bond acceptors (Lipinski definition) is 2. The first kappa shape index (κ1) is 14.9. The van der Waals surface area contributed by atoms with Gasteiger partial charge in [-0.05, 0) is 64.8 Å². The zero-order valence-corrected chi connectivity index (χ0v) is 12.7. The Morgan fingerprint density at radius 1 is 1.10 bits per heavy atom. The van der Waals surface area contributed by atoms with Crippen molar-refractivity contribution in [3.63, 3.8) is 0 Å². The maximum absolute atomic E-state index is 13.3. The lowest BCUT2D eigenvalue weighted by Gasteiger charge is -2.11. The zero-order valence-electron chi connectivity index (χ0n) is 10.3. The Morgan fingerprint density at radius 2 is 1.70 bits per heavy atom. The fourth-order valence-corrected chi connectivity index (χ4v) is 3.04. The van der Waals surface area contributed by atoms with Gasteiger partial charge in [0.05, 0.1) is 15.1 Å². The minimum absolute atomic E-state index is 0.0706. The van der Waals surface area contributed by atoms with Gasteiger partial charge in [0, 0.05) is 0 Å². The molecule has 0 bridgehead atoms. The molecule has 0 aliphatic rings. The van der Waals surface area contributed by atoms with Gasteiger partial charge in [0.1, 0.15) is 11.6 Å². The molecular weight excluding hydrogens is 352 g/mol. The number of nitrogens with one attached hydrogen (secondary N) is 1. The van der Waals surface area contributed by atoms with E-state index in [1.165, 1.54) is 12.1 Å². The molecule has 2 aromatic rings. The summed E-state index contributed by atoms with van der Waals surface area (Å²) >= 11 is 2.99. The molecule has 0 unspecified atom stereocenters. The second kappa shape index (κ2) is 5.49. The van der Waals surface area contributed by atoms with E-state index in [-0.39, 0.29) is 15.1 Å². The molecule has 2 aromatic carbocycles. The summed E-state index contributed by atoms with van der Waals surface area (Å²) in [4.78, 5) is -0.0706. The van der Waals surface area contributed by atoms with Crippen molar-refractivity contribution in [3.8, 4) is 0 Å². The maximum atomic E-state index is 13.3. The van der Waals surface area contributed by atoms with Crippen LogP contribution in [0.2, 0.25) is 0 Å². The van der Waals surface area contributed by atoms with Gasteiger partial charge in [-0.1, -0.05) is 0 Å². The molecule has 0 atom stereocenters. The summed E-state index contributed by atoms with van der Waals surface area (Å²) in [6, 6.07) is 6.99. The Bertz CT molecular complexity index is 746. The molecule has 0 fully saturated rings. The predicted molar refractivity (Wildman–Crippen MR) is 76.0 cm³/mol. The first-order chi connectivity index (χ1) is 9.29. The summed E-state index contributed by atoms with van der Waals surface area (Å²) in [5.74, 6) is -1.00. The largest absolute Gasteiger partial charge is 0.279 e. The lowest BCUT2D eigenvalue weighted by Crippen LogP contribution is -2.14. The highest BCUT2D eigenvalue weighted by molar-refractivity contribution is 9.10. The highest BCUT2D eigenvalue weighted by Crippen LogP contribution is 2.26. The predicted octanol–water partition coefficient (Wildman–Crippen LogP) is 3.84. The van der Waals surface area contributed by atoms with Gasteiger partial charge >= 0.3 is 0 Å². The van der Waals surface area contributed by atoms with E-state index in [0.717, 1.165) is 24.3 Å². The number of sulfonamides is 1. The van der Waals surface area contributed by atoms with Crippen molar-refractivity contribution in [2.24, 2.45) is 0 Å². The highest BCUT2D eigenvalue weighted by atomic mass is 79.9. The van der Waals surface area contributed by atoms with Crippen LogP contribution in [0.3, 0.4) is 0 Å². The summed E-state index contributed by atoms with van der Waals surface area (Å²) < 4.78 is 52.8. The molecule has 106 valence electrons. The van der Waals surface area contributed by atoms with Crippen molar-refractivity contribution in [1.29, 1.82) is 0 Å². The van der Waals surface area contributed by atoms with Crippen LogP contribution in [0.15, 0.2) is 45.8 Å². The Balaban J connectivity index is 2.38. The molecule has 0 aliphatic carbocycles. The van der Waals surface area contributed by atoms with Gasteiger partial charge in [0.2, 0.25) is 0 Å². The molecule has 0 aromatic heterocycles. The number of rotatable bonds is 3. The number of halogens is 3. The van der Waals surface area contributed by atoms with Gasteiger partial charge < -0.3 is 0 Å². The minimum Gasteiger partial charge on any atom is -0.279 e. The third-order valence-corrected chi connectivity index (χ3v) is 4.62. The van der Waals surface area contributed by atoms with Gasteiger partial charge in [-0.3, -0.25) is 4.72 Å². The molecule has 0 aliphatic heterocycles. The molecule has 7 heteroatoms. The summed E-state index contributed by atoms with van der Waals surface area (Å²) in [7, 11) is -3.84. The van der Waals surface area contributed by atoms with Gasteiger partial charge in [-0.2, -0.15) is 0 Å². The van der Waals surface area contributed by atoms with Crippen molar-refractivity contribution in [2.45, 2.75) is 11.8 Å². The van der Waals surface area contributed by atoms with Crippen LogP contribution in [0, 0.1) is 18.6 Å². The third-order valence-electron chi connectivity index (χ3n) is 2.64. The summed E-state index contributed by atoms with van der Waals surface area (Å²) in [5, 5.41) is 0. The first-order valence-electron chi connectivity index (χ1n) is 5.53. The number of anilines is 1. The van der Waals surface area contributed by atoms with Crippen LogP contribution in [-0.2, 0) is 10.0 Å². The van der Waals surface area contributed by atoms with E-state index < -0.39 is 21.7 Å². The minimum atomic E-state index is -3.84. The summed E-state index contributed by atoms with van der Waals surface area (Å²) in [6.45, 7) is 1.58. The van der Waals surface area contributed by atoms with Crippen molar-refractivity contribution in [2.75, 3.05) is 4.72 Å². The molecule has 0 saturated carbocycles. The molecule has 20 heavy (non-hydrogen) atoms.